The Morgan fingerprint density at radius 2 is 1.03 bits per heavy atom. The number of fused-ring (bicyclic) bond motifs is 2. The normalized spacial score (nSPS) is 30.2. The van der Waals surface area contributed by atoms with E-state index in [1.165, 1.54) is 76.1 Å². The molecule has 6 rings (SSSR count). The van der Waals surface area contributed by atoms with Crippen molar-refractivity contribution >= 4 is 0 Å². The Balaban J connectivity index is 0.000000135. The molecule has 4 nitrogen and oxygen atoms in total. The van der Waals surface area contributed by atoms with Gasteiger partial charge in [-0.05, 0) is 61.7 Å². The van der Waals surface area contributed by atoms with E-state index in [4.69, 9.17) is 0 Å². The van der Waals surface area contributed by atoms with E-state index in [0.717, 1.165) is 37.0 Å². The summed E-state index contributed by atoms with van der Waals surface area (Å²) in [6, 6.07) is 23.2. The van der Waals surface area contributed by atoms with Crippen LogP contribution in [0.1, 0.15) is 36.8 Å². The highest BCUT2D eigenvalue weighted by molar-refractivity contribution is 5.16. The third-order valence-electron chi connectivity index (χ3n) is 7.85. The van der Waals surface area contributed by atoms with Gasteiger partial charge in [0.25, 0.3) is 0 Å². The minimum Gasteiger partial charge on any atom is -0.312 e. The lowest BCUT2D eigenvalue weighted by atomic mass is 9.94. The van der Waals surface area contributed by atoms with Gasteiger partial charge in [-0.15, -0.1) is 0 Å². The molecule has 4 aliphatic rings. The number of hydrogen-bond donors (Lipinski definition) is 2. The Morgan fingerprint density at radius 1 is 0.594 bits per heavy atom. The fraction of sp³-hybridized carbons (Fsp3) is 0.571. The molecule has 4 saturated heterocycles. The fourth-order valence-corrected chi connectivity index (χ4v) is 6.21. The van der Waals surface area contributed by atoms with E-state index in [2.05, 4.69) is 81.1 Å². The molecule has 4 aliphatic heterocycles. The molecule has 0 spiro atoms. The van der Waals surface area contributed by atoms with Gasteiger partial charge in [-0.1, -0.05) is 60.7 Å². The highest BCUT2D eigenvalue weighted by Crippen LogP contribution is 2.27. The van der Waals surface area contributed by atoms with Crippen molar-refractivity contribution in [1.29, 1.82) is 0 Å². The molecule has 4 atom stereocenters. The van der Waals surface area contributed by atoms with Gasteiger partial charge in [0.2, 0.25) is 0 Å². The lowest BCUT2D eigenvalue weighted by molar-refractivity contribution is 0.312. The molecule has 0 saturated carbocycles. The largest absolute Gasteiger partial charge is 0.312 e. The predicted molar refractivity (Wildman–Crippen MR) is 132 cm³/mol. The lowest BCUT2D eigenvalue weighted by Gasteiger charge is -2.24. The third kappa shape index (κ3) is 5.79. The zero-order valence-electron chi connectivity index (χ0n) is 19.5. The van der Waals surface area contributed by atoms with Gasteiger partial charge in [-0.25, -0.2) is 0 Å². The molecular weight excluding hydrogens is 392 g/mol. The average Bonchev–Trinajstić information content (AvgIpc) is 3.43. The van der Waals surface area contributed by atoms with Crippen molar-refractivity contribution in [2.75, 3.05) is 39.3 Å². The van der Waals surface area contributed by atoms with Crippen molar-refractivity contribution in [1.82, 2.24) is 20.4 Å². The van der Waals surface area contributed by atoms with Crippen LogP contribution >= 0.6 is 0 Å². The van der Waals surface area contributed by atoms with Crippen LogP contribution in [0.4, 0.5) is 0 Å². The Hall–Kier alpha value is -1.72. The van der Waals surface area contributed by atoms with Crippen LogP contribution in [-0.2, 0) is 13.1 Å². The van der Waals surface area contributed by atoms with Crippen LogP contribution in [-0.4, -0.2) is 61.2 Å². The summed E-state index contributed by atoms with van der Waals surface area (Å²) in [4.78, 5) is 5.20. The molecule has 0 bridgehead atoms. The summed E-state index contributed by atoms with van der Waals surface area (Å²) in [5, 5.41) is 7.31. The maximum atomic E-state index is 3.66. The van der Waals surface area contributed by atoms with Crippen LogP contribution in [0.3, 0.4) is 0 Å². The molecule has 2 N–H and O–H groups in total. The second-order valence-electron chi connectivity index (χ2n) is 10.3. The van der Waals surface area contributed by atoms with E-state index in [1.807, 2.05) is 0 Å². The van der Waals surface area contributed by atoms with Gasteiger partial charge in [0, 0.05) is 51.4 Å². The third-order valence-corrected chi connectivity index (χ3v) is 7.85. The molecule has 2 unspecified atom stereocenters. The van der Waals surface area contributed by atoms with Crippen molar-refractivity contribution in [3.8, 4) is 0 Å². The van der Waals surface area contributed by atoms with Gasteiger partial charge < -0.3 is 10.6 Å². The summed E-state index contributed by atoms with van der Waals surface area (Å²) in [6.07, 6.45) is 5.56. The number of hydrogen-bond acceptors (Lipinski definition) is 4. The predicted octanol–water partition coefficient (Wildman–Crippen LogP) is 3.74. The van der Waals surface area contributed by atoms with Gasteiger partial charge in [0.05, 0.1) is 0 Å². The Morgan fingerprint density at radius 3 is 1.44 bits per heavy atom. The van der Waals surface area contributed by atoms with E-state index in [0.29, 0.717) is 0 Å². The molecule has 0 radical (unpaired) electrons. The summed E-state index contributed by atoms with van der Waals surface area (Å²) >= 11 is 0. The molecule has 4 heterocycles. The van der Waals surface area contributed by atoms with Crippen LogP contribution < -0.4 is 10.6 Å². The van der Waals surface area contributed by atoms with E-state index in [-0.39, 0.29) is 0 Å². The maximum absolute atomic E-state index is 3.66. The molecule has 4 heteroatoms. The summed E-state index contributed by atoms with van der Waals surface area (Å²) in [6.45, 7) is 9.73. The van der Waals surface area contributed by atoms with Crippen LogP contribution in [0.15, 0.2) is 60.7 Å². The Labute approximate surface area is 194 Å². The van der Waals surface area contributed by atoms with E-state index in [9.17, 15) is 0 Å². The average molecular weight is 433 g/mol. The molecular formula is C28H40N4. The molecule has 2 aromatic carbocycles. The molecule has 0 aliphatic carbocycles. The van der Waals surface area contributed by atoms with Crippen molar-refractivity contribution in [2.45, 2.75) is 50.9 Å². The van der Waals surface area contributed by atoms with Crippen molar-refractivity contribution in [2.24, 2.45) is 11.8 Å². The van der Waals surface area contributed by atoms with Gasteiger partial charge in [-0.3, -0.25) is 9.80 Å². The van der Waals surface area contributed by atoms with Crippen LogP contribution in [0.25, 0.3) is 0 Å². The summed E-state index contributed by atoms with van der Waals surface area (Å²) < 4.78 is 0. The first-order chi connectivity index (χ1) is 15.8. The number of rotatable bonds is 4. The molecule has 2 aromatic rings. The zero-order valence-corrected chi connectivity index (χ0v) is 19.5. The van der Waals surface area contributed by atoms with Gasteiger partial charge in [0.1, 0.15) is 0 Å². The molecule has 0 aromatic heterocycles. The van der Waals surface area contributed by atoms with Crippen molar-refractivity contribution < 1.29 is 0 Å². The quantitative estimate of drug-likeness (QED) is 0.771. The highest BCUT2D eigenvalue weighted by atomic mass is 15.2. The van der Waals surface area contributed by atoms with Crippen molar-refractivity contribution in [3.63, 3.8) is 0 Å². The molecule has 0 amide bonds. The van der Waals surface area contributed by atoms with Gasteiger partial charge in [0.15, 0.2) is 0 Å². The minimum atomic E-state index is 0.762. The monoisotopic (exact) mass is 432 g/mol. The Kier molecular flexibility index (Phi) is 7.55. The first-order valence-corrected chi connectivity index (χ1v) is 12.8. The SMILES string of the molecule is c1ccc(CN2CC3CCCNC3C2)cc1.c1ccc(CN2C[C@@H]3CCCN[C@@H]3C2)cc1. The minimum absolute atomic E-state index is 0.762. The summed E-state index contributed by atoms with van der Waals surface area (Å²) in [5.41, 5.74) is 2.89. The number of benzene rings is 2. The molecule has 4 fully saturated rings. The van der Waals surface area contributed by atoms with Crippen LogP contribution in [0.5, 0.6) is 0 Å². The first-order valence-electron chi connectivity index (χ1n) is 12.8. The van der Waals surface area contributed by atoms with Gasteiger partial charge >= 0.3 is 0 Å². The highest BCUT2D eigenvalue weighted by Gasteiger charge is 2.34. The topological polar surface area (TPSA) is 30.5 Å². The number of likely N-dealkylation sites (tertiary alicyclic amines) is 2. The second-order valence-corrected chi connectivity index (χ2v) is 10.3. The molecule has 32 heavy (non-hydrogen) atoms. The number of piperidine rings is 2. The van der Waals surface area contributed by atoms with Crippen LogP contribution in [0, 0.1) is 11.8 Å². The standard InChI is InChI=1S/2C14H20N2/c2*1-2-5-12(6-3-1)9-16-10-13-7-4-8-15-14(13)11-16/h2*1-3,5-6,13-15H,4,7-11H2/t13-,14+;/m0./s1. The summed E-state index contributed by atoms with van der Waals surface area (Å²) in [5.74, 6) is 1.80. The first kappa shape index (κ1) is 22.1. The lowest BCUT2D eigenvalue weighted by Crippen LogP contribution is -2.40. The van der Waals surface area contributed by atoms with E-state index in [1.54, 1.807) is 0 Å². The zero-order chi connectivity index (χ0) is 21.6. The number of nitrogens with one attached hydrogen (secondary N) is 2. The smallest absolute Gasteiger partial charge is 0.0235 e. The number of nitrogens with zero attached hydrogens (tertiary/aromatic N) is 2. The van der Waals surface area contributed by atoms with Crippen LogP contribution in [0.2, 0.25) is 0 Å². The van der Waals surface area contributed by atoms with E-state index >= 15 is 0 Å². The maximum Gasteiger partial charge on any atom is 0.0235 e. The second kappa shape index (κ2) is 10.9. The van der Waals surface area contributed by atoms with Crippen molar-refractivity contribution in [3.05, 3.63) is 71.8 Å². The Bertz CT molecular complexity index is 713. The molecule has 172 valence electrons. The van der Waals surface area contributed by atoms with E-state index < -0.39 is 0 Å². The fourth-order valence-electron chi connectivity index (χ4n) is 6.21. The van der Waals surface area contributed by atoms with Gasteiger partial charge in [-0.2, -0.15) is 0 Å². The summed E-state index contributed by atoms with van der Waals surface area (Å²) in [7, 11) is 0.